The van der Waals surface area contributed by atoms with E-state index >= 15 is 0 Å². The number of anilines is 1. The maximum absolute atomic E-state index is 13.8. The first-order chi connectivity index (χ1) is 16.8. The van der Waals surface area contributed by atoms with Gasteiger partial charge in [-0.1, -0.05) is 0 Å². The molecule has 0 radical (unpaired) electrons. The molecule has 3 aromatic carbocycles. The highest BCUT2D eigenvalue weighted by atomic mass is 19.1. The Morgan fingerprint density at radius 3 is 2.09 bits per heavy atom. The van der Waals surface area contributed by atoms with Crippen molar-refractivity contribution in [2.24, 2.45) is 0 Å². The number of amides is 1. The molecule has 8 nitrogen and oxygen atoms in total. The minimum absolute atomic E-state index is 0.0131. The first-order valence-electron chi connectivity index (χ1n) is 10.2. The van der Waals surface area contributed by atoms with E-state index in [2.05, 4.69) is 5.32 Å². The molecule has 0 heterocycles. The minimum atomic E-state index is -0.814. The maximum atomic E-state index is 13.8. The van der Waals surface area contributed by atoms with Gasteiger partial charge in [0.1, 0.15) is 5.82 Å². The highest BCUT2D eigenvalue weighted by molar-refractivity contribution is 5.99. The van der Waals surface area contributed by atoms with Crippen LogP contribution in [0.1, 0.15) is 20.7 Å². The number of hydrogen-bond donors (Lipinski definition) is 1. The molecule has 35 heavy (non-hydrogen) atoms. The van der Waals surface area contributed by atoms with Crippen molar-refractivity contribution in [2.45, 2.75) is 0 Å². The third-order valence-electron chi connectivity index (χ3n) is 4.69. The van der Waals surface area contributed by atoms with Crippen molar-refractivity contribution >= 4 is 23.3 Å². The number of Topliss-reactive ketones (excluding diaryl/α,β-unsaturated/α-hetero) is 1. The lowest BCUT2D eigenvalue weighted by atomic mass is 10.1. The standard InChI is InChI=1S/C25H21F2NO7/c1-32-21-9-3-15(11-19(21)27)20(29)13-35-25(31)16-4-10-22(23(12-16)33-2)34-14-24(30)28-18-7-5-17(26)6-8-18/h3-12H,13-14H2,1-2H3,(H,28,30). The number of nitrogens with one attached hydrogen (secondary N) is 1. The smallest absolute Gasteiger partial charge is 0.338 e. The van der Waals surface area contributed by atoms with Crippen LogP contribution in [0.3, 0.4) is 0 Å². The number of carbonyl (C=O) groups excluding carboxylic acids is 3. The number of methoxy groups -OCH3 is 2. The number of esters is 1. The summed E-state index contributed by atoms with van der Waals surface area (Å²) in [7, 11) is 2.65. The zero-order valence-electron chi connectivity index (χ0n) is 18.8. The van der Waals surface area contributed by atoms with Gasteiger partial charge in [0.05, 0.1) is 19.8 Å². The molecule has 0 fully saturated rings. The van der Waals surface area contributed by atoms with Gasteiger partial charge in [0, 0.05) is 11.3 Å². The molecule has 0 bridgehead atoms. The Hall–Kier alpha value is -4.47. The normalized spacial score (nSPS) is 10.3. The van der Waals surface area contributed by atoms with E-state index in [9.17, 15) is 23.2 Å². The van der Waals surface area contributed by atoms with Gasteiger partial charge in [0.25, 0.3) is 5.91 Å². The predicted molar refractivity (Wildman–Crippen MR) is 121 cm³/mol. The van der Waals surface area contributed by atoms with Crippen molar-refractivity contribution in [1.82, 2.24) is 0 Å². The average molecular weight is 485 g/mol. The summed E-state index contributed by atoms with van der Waals surface area (Å²) in [6, 6.07) is 13.0. The number of benzene rings is 3. The highest BCUT2D eigenvalue weighted by Gasteiger charge is 2.17. The molecule has 0 saturated heterocycles. The van der Waals surface area contributed by atoms with Crippen LogP contribution in [0.4, 0.5) is 14.5 Å². The lowest BCUT2D eigenvalue weighted by molar-refractivity contribution is -0.118. The first-order valence-corrected chi connectivity index (χ1v) is 10.2. The molecule has 0 aliphatic carbocycles. The van der Waals surface area contributed by atoms with Crippen molar-refractivity contribution in [3.63, 3.8) is 0 Å². The predicted octanol–water partition coefficient (Wildman–Crippen LogP) is 4.04. The molecule has 10 heteroatoms. The Morgan fingerprint density at radius 1 is 0.771 bits per heavy atom. The van der Waals surface area contributed by atoms with Gasteiger partial charge in [-0.2, -0.15) is 0 Å². The number of ether oxygens (including phenoxy) is 4. The fraction of sp³-hybridized carbons (Fsp3) is 0.160. The van der Waals surface area contributed by atoms with Gasteiger partial charge in [-0.05, 0) is 60.7 Å². The Kier molecular flexibility index (Phi) is 8.33. The van der Waals surface area contributed by atoms with E-state index in [1.54, 1.807) is 0 Å². The molecule has 0 atom stereocenters. The van der Waals surface area contributed by atoms with E-state index < -0.39 is 35.9 Å². The Balaban J connectivity index is 1.57. The number of hydrogen-bond acceptors (Lipinski definition) is 7. The van der Waals surface area contributed by atoms with Crippen LogP contribution in [0.2, 0.25) is 0 Å². The third-order valence-corrected chi connectivity index (χ3v) is 4.69. The Bertz CT molecular complexity index is 1230. The summed E-state index contributed by atoms with van der Waals surface area (Å²) in [4.78, 5) is 36.6. The summed E-state index contributed by atoms with van der Waals surface area (Å²) < 4.78 is 47.2. The van der Waals surface area contributed by atoms with Gasteiger partial charge in [0.2, 0.25) is 0 Å². The van der Waals surface area contributed by atoms with Crippen LogP contribution >= 0.6 is 0 Å². The van der Waals surface area contributed by atoms with Crippen LogP contribution in [0.25, 0.3) is 0 Å². The lowest BCUT2D eigenvalue weighted by Gasteiger charge is -2.12. The van der Waals surface area contributed by atoms with Crippen molar-refractivity contribution < 1.29 is 42.1 Å². The van der Waals surface area contributed by atoms with Crippen LogP contribution in [0, 0.1) is 11.6 Å². The van der Waals surface area contributed by atoms with Gasteiger partial charge < -0.3 is 24.3 Å². The second-order valence-corrected chi connectivity index (χ2v) is 7.06. The topological polar surface area (TPSA) is 100 Å². The molecule has 0 aliphatic rings. The van der Waals surface area contributed by atoms with Crippen molar-refractivity contribution in [1.29, 1.82) is 0 Å². The number of carbonyl (C=O) groups is 3. The van der Waals surface area contributed by atoms with Crippen LogP contribution in [0.15, 0.2) is 60.7 Å². The number of halogens is 2. The lowest BCUT2D eigenvalue weighted by Crippen LogP contribution is -2.20. The highest BCUT2D eigenvalue weighted by Crippen LogP contribution is 2.28. The van der Waals surface area contributed by atoms with E-state index in [1.165, 1.54) is 68.8 Å². The van der Waals surface area contributed by atoms with Gasteiger partial charge in [-0.3, -0.25) is 9.59 Å². The van der Waals surface area contributed by atoms with Crippen molar-refractivity contribution in [3.8, 4) is 17.2 Å². The summed E-state index contributed by atoms with van der Waals surface area (Å²) in [5.74, 6) is -2.72. The van der Waals surface area contributed by atoms with E-state index in [0.717, 1.165) is 6.07 Å². The molecule has 0 unspecified atom stereocenters. The van der Waals surface area contributed by atoms with Gasteiger partial charge in [-0.15, -0.1) is 0 Å². The molecule has 3 aromatic rings. The molecular formula is C25H21F2NO7. The van der Waals surface area contributed by atoms with Crippen LogP contribution in [0.5, 0.6) is 17.2 Å². The molecule has 0 aromatic heterocycles. The molecule has 182 valence electrons. The average Bonchev–Trinajstić information content (AvgIpc) is 2.87. The van der Waals surface area contributed by atoms with Crippen molar-refractivity contribution in [3.05, 3.63) is 83.4 Å². The molecule has 1 amide bonds. The quantitative estimate of drug-likeness (QED) is 0.342. The summed E-state index contributed by atoms with van der Waals surface area (Å²) in [5.41, 5.74) is 0.493. The SMILES string of the molecule is COc1ccc(C(=O)COC(=O)c2ccc(OCC(=O)Nc3ccc(F)cc3)c(OC)c2)cc1F. The summed E-state index contributed by atoms with van der Waals surface area (Å²) in [6.45, 7) is -0.973. The molecule has 3 rings (SSSR count). The first kappa shape index (κ1) is 25.2. The number of rotatable bonds is 10. The zero-order valence-corrected chi connectivity index (χ0v) is 18.8. The van der Waals surface area contributed by atoms with E-state index in [0.29, 0.717) is 5.69 Å². The molecule has 0 spiro atoms. The fourth-order valence-corrected chi connectivity index (χ4v) is 2.92. The monoisotopic (exact) mass is 485 g/mol. The molecule has 0 saturated carbocycles. The second kappa shape index (κ2) is 11.6. The van der Waals surface area contributed by atoms with Crippen LogP contribution in [-0.2, 0) is 9.53 Å². The van der Waals surface area contributed by atoms with E-state index in [1.807, 2.05) is 0 Å². The second-order valence-electron chi connectivity index (χ2n) is 7.06. The van der Waals surface area contributed by atoms with Crippen LogP contribution in [-0.4, -0.2) is 45.1 Å². The fourth-order valence-electron chi connectivity index (χ4n) is 2.92. The van der Waals surface area contributed by atoms with Crippen LogP contribution < -0.4 is 19.5 Å². The van der Waals surface area contributed by atoms with Gasteiger partial charge in [-0.25, -0.2) is 13.6 Å². The summed E-state index contributed by atoms with van der Waals surface area (Å²) in [5, 5.41) is 2.55. The van der Waals surface area contributed by atoms with Gasteiger partial charge in [0.15, 0.2) is 42.1 Å². The summed E-state index contributed by atoms with van der Waals surface area (Å²) in [6.07, 6.45) is 0. The molecule has 0 aliphatic heterocycles. The summed E-state index contributed by atoms with van der Waals surface area (Å²) >= 11 is 0. The third kappa shape index (κ3) is 6.76. The minimum Gasteiger partial charge on any atom is -0.494 e. The number of ketones is 1. The Morgan fingerprint density at radius 2 is 1.43 bits per heavy atom. The largest absolute Gasteiger partial charge is 0.494 e. The van der Waals surface area contributed by atoms with E-state index in [-0.39, 0.29) is 35.0 Å². The van der Waals surface area contributed by atoms with Gasteiger partial charge >= 0.3 is 5.97 Å². The maximum Gasteiger partial charge on any atom is 0.338 e. The van der Waals surface area contributed by atoms with E-state index in [4.69, 9.17) is 18.9 Å². The molecular weight excluding hydrogens is 464 g/mol. The zero-order chi connectivity index (χ0) is 25.4. The molecule has 1 N–H and O–H groups in total. The Labute approximate surface area is 199 Å². The van der Waals surface area contributed by atoms with Crippen molar-refractivity contribution in [2.75, 3.05) is 32.8 Å².